The highest BCUT2D eigenvalue weighted by Crippen LogP contribution is 2.36. The number of carbonyl (C=O) groups is 3. The van der Waals surface area contributed by atoms with Crippen molar-refractivity contribution in [2.24, 2.45) is 5.73 Å². The van der Waals surface area contributed by atoms with Crippen molar-refractivity contribution in [3.8, 4) is 12.3 Å². The fourth-order valence-corrected chi connectivity index (χ4v) is 3.21. The number of carbonyl (C=O) groups excluding carboxylic acids is 3. The Morgan fingerprint density at radius 3 is 2.41 bits per heavy atom. The van der Waals surface area contributed by atoms with Gasteiger partial charge in [0.15, 0.2) is 0 Å². The molecule has 3 atom stereocenters. The quantitative estimate of drug-likeness (QED) is 0.537. The topological polar surface area (TPSA) is 123 Å². The molecule has 0 aromatic carbocycles. The standard InChI is InChI=1S/C20H32N4O5/c1-7-20(28-6)10-14(15(25)23-19(5)8-9-19)24(12-20)16(26)13(11-21)22-17(27)29-18(2,3)4/h1,13-14H,8-12,21H2,2-6H3,(H,22,27)(H,23,25). The second-order valence-electron chi connectivity index (χ2n) is 9.01. The van der Waals surface area contributed by atoms with Crippen LogP contribution in [0.1, 0.15) is 47.0 Å². The lowest BCUT2D eigenvalue weighted by atomic mass is 10.0. The molecule has 1 aliphatic heterocycles. The van der Waals surface area contributed by atoms with E-state index in [-0.39, 0.29) is 31.0 Å². The summed E-state index contributed by atoms with van der Waals surface area (Å²) in [6.45, 7) is 6.96. The number of likely N-dealkylation sites (tertiary alicyclic amines) is 1. The number of nitrogens with zero attached hydrogens (tertiary/aromatic N) is 1. The number of alkyl carbamates (subject to hydrolysis) is 1. The minimum Gasteiger partial charge on any atom is -0.444 e. The van der Waals surface area contributed by atoms with Crippen LogP contribution in [0.3, 0.4) is 0 Å². The first-order valence-corrected chi connectivity index (χ1v) is 9.72. The first-order valence-electron chi connectivity index (χ1n) is 9.72. The molecule has 0 bridgehead atoms. The Balaban J connectivity index is 2.19. The highest BCUT2D eigenvalue weighted by Gasteiger charge is 2.51. The fourth-order valence-electron chi connectivity index (χ4n) is 3.21. The molecule has 2 fully saturated rings. The van der Waals surface area contributed by atoms with Crippen molar-refractivity contribution in [2.45, 2.75) is 75.8 Å². The van der Waals surface area contributed by atoms with Crippen LogP contribution in [-0.2, 0) is 19.1 Å². The maximum Gasteiger partial charge on any atom is 0.408 e. The Bertz CT molecular complexity index is 707. The van der Waals surface area contributed by atoms with Crippen molar-refractivity contribution < 1.29 is 23.9 Å². The zero-order valence-electron chi connectivity index (χ0n) is 17.8. The van der Waals surface area contributed by atoms with Gasteiger partial charge in [-0.15, -0.1) is 6.42 Å². The molecule has 0 aromatic heterocycles. The number of hydrogen-bond acceptors (Lipinski definition) is 6. The fraction of sp³-hybridized carbons (Fsp3) is 0.750. The average molecular weight is 408 g/mol. The first-order chi connectivity index (χ1) is 13.4. The number of rotatable bonds is 6. The third kappa shape index (κ3) is 5.61. The molecule has 0 spiro atoms. The highest BCUT2D eigenvalue weighted by molar-refractivity contribution is 5.92. The molecule has 2 rings (SSSR count). The van der Waals surface area contributed by atoms with Gasteiger partial charge in [-0.2, -0.15) is 0 Å². The van der Waals surface area contributed by atoms with Crippen molar-refractivity contribution in [3.05, 3.63) is 0 Å². The van der Waals surface area contributed by atoms with Crippen molar-refractivity contribution in [3.63, 3.8) is 0 Å². The monoisotopic (exact) mass is 408 g/mol. The van der Waals surface area contributed by atoms with Gasteiger partial charge in [-0.05, 0) is 40.5 Å². The van der Waals surface area contributed by atoms with E-state index in [9.17, 15) is 14.4 Å². The Kier molecular flexibility index (Phi) is 6.50. The van der Waals surface area contributed by atoms with Crippen molar-refractivity contribution >= 4 is 17.9 Å². The molecule has 1 saturated carbocycles. The maximum absolute atomic E-state index is 13.2. The van der Waals surface area contributed by atoms with Crippen LogP contribution in [0.15, 0.2) is 0 Å². The van der Waals surface area contributed by atoms with E-state index in [0.717, 1.165) is 12.8 Å². The predicted octanol–water partition coefficient (Wildman–Crippen LogP) is 0.126. The summed E-state index contributed by atoms with van der Waals surface area (Å²) in [7, 11) is 1.45. The van der Waals surface area contributed by atoms with Gasteiger partial charge in [-0.25, -0.2) is 4.79 Å². The van der Waals surface area contributed by atoms with Gasteiger partial charge in [0, 0.05) is 25.6 Å². The second-order valence-corrected chi connectivity index (χ2v) is 9.01. The lowest BCUT2D eigenvalue weighted by molar-refractivity contribution is -0.140. The minimum absolute atomic E-state index is 0.0279. The van der Waals surface area contributed by atoms with Crippen LogP contribution < -0.4 is 16.4 Å². The third-order valence-electron chi connectivity index (χ3n) is 5.21. The lowest BCUT2D eigenvalue weighted by Gasteiger charge is -2.29. The van der Waals surface area contributed by atoms with E-state index in [1.54, 1.807) is 20.8 Å². The van der Waals surface area contributed by atoms with Crippen LogP contribution in [-0.4, -0.2) is 71.8 Å². The molecule has 1 aliphatic carbocycles. The highest BCUT2D eigenvalue weighted by atomic mass is 16.6. The molecule has 3 amide bonds. The molecular formula is C20H32N4O5. The van der Waals surface area contributed by atoms with Crippen molar-refractivity contribution in [1.82, 2.24) is 15.5 Å². The number of nitrogens with one attached hydrogen (secondary N) is 2. The summed E-state index contributed by atoms with van der Waals surface area (Å²) in [6, 6.07) is -1.87. The lowest BCUT2D eigenvalue weighted by Crippen LogP contribution is -2.57. The van der Waals surface area contributed by atoms with E-state index >= 15 is 0 Å². The van der Waals surface area contributed by atoms with Gasteiger partial charge >= 0.3 is 6.09 Å². The summed E-state index contributed by atoms with van der Waals surface area (Å²) in [5, 5.41) is 5.45. The molecule has 29 heavy (non-hydrogen) atoms. The number of nitrogens with two attached hydrogens (primary N) is 1. The van der Waals surface area contributed by atoms with Crippen LogP contribution in [0.5, 0.6) is 0 Å². The summed E-state index contributed by atoms with van der Waals surface area (Å²) in [5.41, 5.74) is 3.68. The second kappa shape index (κ2) is 8.20. The molecule has 4 N–H and O–H groups in total. The van der Waals surface area contributed by atoms with Gasteiger partial charge in [0.1, 0.15) is 23.3 Å². The van der Waals surface area contributed by atoms with E-state index in [4.69, 9.17) is 21.6 Å². The normalized spacial score (nSPS) is 26.2. The van der Waals surface area contributed by atoms with Crippen LogP contribution >= 0.6 is 0 Å². The number of terminal acetylenes is 1. The zero-order chi connectivity index (χ0) is 22.0. The predicted molar refractivity (Wildman–Crippen MR) is 107 cm³/mol. The van der Waals surface area contributed by atoms with Crippen LogP contribution in [0, 0.1) is 12.3 Å². The summed E-state index contributed by atoms with van der Waals surface area (Å²) in [4.78, 5) is 39.5. The molecule has 162 valence electrons. The van der Waals surface area contributed by atoms with Crippen LogP contribution in [0.4, 0.5) is 4.79 Å². The first kappa shape index (κ1) is 23.0. The Morgan fingerprint density at radius 1 is 1.34 bits per heavy atom. The molecule has 0 aromatic rings. The molecule has 2 aliphatic rings. The van der Waals surface area contributed by atoms with Gasteiger partial charge in [0.2, 0.25) is 11.8 Å². The SMILES string of the molecule is C#CC1(OC)CC(C(=O)NC2(C)CC2)N(C(=O)C(CN)NC(=O)OC(C)(C)C)C1. The Labute approximate surface area is 172 Å². The Morgan fingerprint density at radius 2 is 1.97 bits per heavy atom. The number of amides is 3. The summed E-state index contributed by atoms with van der Waals surface area (Å²) < 4.78 is 10.7. The molecule has 3 unspecified atom stereocenters. The number of hydrogen-bond donors (Lipinski definition) is 3. The van der Waals surface area contributed by atoms with E-state index < -0.39 is 35.3 Å². The largest absolute Gasteiger partial charge is 0.444 e. The molecule has 1 saturated heterocycles. The van der Waals surface area contributed by atoms with E-state index in [0.29, 0.717) is 0 Å². The van der Waals surface area contributed by atoms with Gasteiger partial charge in [0.25, 0.3) is 0 Å². The third-order valence-corrected chi connectivity index (χ3v) is 5.21. The molecular weight excluding hydrogens is 376 g/mol. The number of methoxy groups -OCH3 is 1. The molecule has 9 heteroatoms. The van der Waals surface area contributed by atoms with Crippen molar-refractivity contribution in [2.75, 3.05) is 20.2 Å². The molecule has 0 radical (unpaired) electrons. The maximum atomic E-state index is 13.2. The summed E-state index contributed by atoms with van der Waals surface area (Å²) in [6.07, 6.45) is 6.81. The minimum atomic E-state index is -1.08. The van der Waals surface area contributed by atoms with Gasteiger partial charge < -0.3 is 30.7 Å². The smallest absolute Gasteiger partial charge is 0.408 e. The Hall–Kier alpha value is -2.31. The van der Waals surface area contributed by atoms with Crippen molar-refractivity contribution in [1.29, 1.82) is 0 Å². The average Bonchev–Trinajstić information content (AvgIpc) is 3.21. The van der Waals surface area contributed by atoms with E-state index in [1.807, 2.05) is 6.92 Å². The summed E-state index contributed by atoms with van der Waals surface area (Å²) in [5.74, 6) is 1.77. The van der Waals surface area contributed by atoms with Gasteiger partial charge in [-0.3, -0.25) is 9.59 Å². The van der Waals surface area contributed by atoms with E-state index in [2.05, 4.69) is 16.6 Å². The van der Waals surface area contributed by atoms with Crippen LogP contribution in [0.2, 0.25) is 0 Å². The number of ether oxygens (including phenoxy) is 2. The zero-order valence-corrected chi connectivity index (χ0v) is 17.8. The van der Waals surface area contributed by atoms with Gasteiger partial charge in [-0.1, -0.05) is 5.92 Å². The van der Waals surface area contributed by atoms with Gasteiger partial charge in [0.05, 0.1) is 6.54 Å². The molecule has 9 nitrogen and oxygen atoms in total. The molecule has 1 heterocycles. The summed E-state index contributed by atoms with van der Waals surface area (Å²) >= 11 is 0. The van der Waals surface area contributed by atoms with Crippen LogP contribution in [0.25, 0.3) is 0 Å². The van der Waals surface area contributed by atoms with E-state index in [1.165, 1.54) is 12.0 Å².